The Kier molecular flexibility index (Phi) is 3.49. The number of hydrogen-bond acceptors (Lipinski definition) is 3. The van der Waals surface area contributed by atoms with E-state index in [1.165, 1.54) is 0 Å². The molecule has 4 nitrogen and oxygen atoms in total. The van der Waals surface area contributed by atoms with Gasteiger partial charge in [0.15, 0.2) is 0 Å². The van der Waals surface area contributed by atoms with Crippen LogP contribution in [0.3, 0.4) is 0 Å². The van der Waals surface area contributed by atoms with Crippen LogP contribution in [0, 0.1) is 11.8 Å². The minimum atomic E-state index is -0.758. The second kappa shape index (κ2) is 4.44. The molecule has 0 aromatic rings. The van der Waals surface area contributed by atoms with E-state index < -0.39 is 11.9 Å². The summed E-state index contributed by atoms with van der Waals surface area (Å²) in [5.74, 6) is -0.0623. The second-order valence-electron chi connectivity index (χ2n) is 4.18. The lowest BCUT2D eigenvalue weighted by Crippen LogP contribution is -2.35. The molecule has 0 fully saturated rings. The van der Waals surface area contributed by atoms with E-state index in [0.717, 1.165) is 18.9 Å². The highest BCUT2D eigenvalue weighted by molar-refractivity contribution is 6.00. The predicted octanol–water partition coefficient (Wildman–Crippen LogP) is 1.08. The van der Waals surface area contributed by atoms with Crippen molar-refractivity contribution in [2.45, 2.75) is 20.3 Å². The van der Waals surface area contributed by atoms with E-state index in [0.29, 0.717) is 12.3 Å². The maximum atomic E-state index is 11.1. The van der Waals surface area contributed by atoms with E-state index in [1.54, 1.807) is 0 Å². The molecule has 0 amide bonds. The molecule has 1 rings (SSSR count). The minimum Gasteiger partial charge on any atom is -0.481 e. The molecule has 0 aliphatic carbocycles. The van der Waals surface area contributed by atoms with Crippen molar-refractivity contribution in [3.63, 3.8) is 0 Å². The quantitative estimate of drug-likeness (QED) is 0.735. The topological polar surface area (TPSA) is 52.9 Å². The van der Waals surface area contributed by atoms with E-state index in [1.807, 2.05) is 25.8 Å². The van der Waals surface area contributed by atoms with E-state index >= 15 is 0 Å². The first-order valence-corrected chi connectivity index (χ1v) is 5.00. The molecule has 0 bridgehead atoms. The summed E-state index contributed by atoms with van der Waals surface area (Å²) < 4.78 is 0. The van der Waals surface area contributed by atoms with Crippen molar-refractivity contribution < 1.29 is 9.90 Å². The molecule has 1 aliphatic heterocycles. The number of hydrogen-bond donors (Lipinski definition) is 1. The Balaban J connectivity index is 2.72. The summed E-state index contributed by atoms with van der Waals surface area (Å²) in [7, 11) is 1.90. The van der Waals surface area contributed by atoms with Crippen LogP contribution in [0.4, 0.5) is 0 Å². The number of likely N-dealkylation sites (N-methyl/N-ethyl adjacent to an activating group) is 1. The van der Waals surface area contributed by atoms with Crippen LogP contribution in [-0.4, -0.2) is 41.9 Å². The zero-order valence-corrected chi connectivity index (χ0v) is 9.03. The molecule has 14 heavy (non-hydrogen) atoms. The normalized spacial score (nSPS) is 18.6. The van der Waals surface area contributed by atoms with Gasteiger partial charge >= 0.3 is 5.97 Å². The van der Waals surface area contributed by atoms with Gasteiger partial charge in [-0.3, -0.25) is 9.79 Å². The number of nitrogens with zero attached hydrogens (tertiary/aromatic N) is 2. The Labute approximate surface area is 84.6 Å². The molecule has 1 heterocycles. The Hall–Kier alpha value is -1.06. The lowest BCUT2D eigenvalue weighted by molar-refractivity contribution is -0.140. The first-order chi connectivity index (χ1) is 6.52. The van der Waals surface area contributed by atoms with Crippen molar-refractivity contribution >= 4 is 11.8 Å². The molecule has 0 saturated heterocycles. The molecule has 1 atom stereocenters. The second-order valence-corrected chi connectivity index (χ2v) is 4.18. The summed E-state index contributed by atoms with van der Waals surface area (Å²) in [5.41, 5.74) is 0. The number of rotatable bonds is 4. The highest BCUT2D eigenvalue weighted by atomic mass is 16.4. The Morgan fingerprint density at radius 3 is 2.64 bits per heavy atom. The first-order valence-electron chi connectivity index (χ1n) is 5.00. The van der Waals surface area contributed by atoms with Gasteiger partial charge in [0.05, 0.1) is 6.54 Å². The predicted molar refractivity (Wildman–Crippen MR) is 55.5 cm³/mol. The lowest BCUT2D eigenvalue weighted by Gasteiger charge is -2.21. The van der Waals surface area contributed by atoms with Gasteiger partial charge in [-0.05, 0) is 12.3 Å². The molecule has 1 N–H and O–H groups in total. The molecule has 4 heteroatoms. The third kappa shape index (κ3) is 2.47. The largest absolute Gasteiger partial charge is 0.481 e. The van der Waals surface area contributed by atoms with Crippen molar-refractivity contribution in [3.8, 4) is 0 Å². The van der Waals surface area contributed by atoms with Crippen molar-refractivity contribution in [3.05, 3.63) is 0 Å². The molecular weight excluding hydrogens is 180 g/mol. The zero-order chi connectivity index (χ0) is 10.7. The summed E-state index contributed by atoms with van der Waals surface area (Å²) in [6.45, 7) is 5.64. The molecule has 0 spiro atoms. The van der Waals surface area contributed by atoms with Gasteiger partial charge < -0.3 is 10.0 Å². The monoisotopic (exact) mass is 198 g/mol. The van der Waals surface area contributed by atoms with Gasteiger partial charge in [-0.2, -0.15) is 0 Å². The van der Waals surface area contributed by atoms with Gasteiger partial charge in [-0.15, -0.1) is 0 Å². The van der Waals surface area contributed by atoms with Crippen LogP contribution in [0.1, 0.15) is 20.3 Å². The van der Waals surface area contributed by atoms with Crippen molar-refractivity contribution in [2.24, 2.45) is 16.8 Å². The van der Waals surface area contributed by atoms with Crippen LogP contribution in [0.15, 0.2) is 4.99 Å². The van der Waals surface area contributed by atoms with E-state index in [9.17, 15) is 4.79 Å². The molecular formula is C10H18N2O2. The van der Waals surface area contributed by atoms with Gasteiger partial charge in [0.25, 0.3) is 0 Å². The SMILES string of the molecule is CC(C)CC(C(=O)O)C1=NCCN1C. The summed E-state index contributed by atoms with van der Waals surface area (Å²) >= 11 is 0. The van der Waals surface area contributed by atoms with Crippen LogP contribution in [0.25, 0.3) is 0 Å². The Bertz CT molecular complexity index is 249. The molecule has 0 saturated carbocycles. The number of carboxylic acids is 1. The van der Waals surface area contributed by atoms with Gasteiger partial charge in [0.1, 0.15) is 11.8 Å². The van der Waals surface area contributed by atoms with Gasteiger partial charge in [-0.25, -0.2) is 0 Å². The van der Waals surface area contributed by atoms with Crippen molar-refractivity contribution in [1.29, 1.82) is 0 Å². The van der Waals surface area contributed by atoms with Crippen LogP contribution < -0.4 is 0 Å². The van der Waals surface area contributed by atoms with Crippen LogP contribution in [0.2, 0.25) is 0 Å². The van der Waals surface area contributed by atoms with Crippen molar-refractivity contribution in [2.75, 3.05) is 20.1 Å². The third-order valence-corrected chi connectivity index (χ3v) is 2.42. The number of aliphatic carboxylic acids is 1. The molecule has 1 aliphatic rings. The maximum Gasteiger partial charge on any atom is 0.314 e. The van der Waals surface area contributed by atoms with Crippen LogP contribution >= 0.6 is 0 Å². The fourth-order valence-electron chi connectivity index (χ4n) is 1.71. The van der Waals surface area contributed by atoms with Gasteiger partial charge in [-0.1, -0.05) is 13.8 Å². The van der Waals surface area contributed by atoms with Crippen LogP contribution in [-0.2, 0) is 4.79 Å². The number of amidine groups is 1. The van der Waals surface area contributed by atoms with Gasteiger partial charge in [0, 0.05) is 13.6 Å². The number of carbonyl (C=O) groups is 1. The highest BCUT2D eigenvalue weighted by Gasteiger charge is 2.29. The fraction of sp³-hybridized carbons (Fsp3) is 0.800. The summed E-state index contributed by atoms with van der Waals surface area (Å²) in [6.07, 6.45) is 0.665. The molecule has 0 aromatic carbocycles. The number of aliphatic imine (C=N–C) groups is 1. The fourth-order valence-corrected chi connectivity index (χ4v) is 1.71. The van der Waals surface area contributed by atoms with E-state index in [2.05, 4.69) is 4.99 Å². The summed E-state index contributed by atoms with van der Waals surface area (Å²) in [4.78, 5) is 17.3. The van der Waals surface area contributed by atoms with Crippen molar-refractivity contribution in [1.82, 2.24) is 4.90 Å². The summed E-state index contributed by atoms with van der Waals surface area (Å²) in [6, 6.07) is 0. The lowest BCUT2D eigenvalue weighted by atomic mass is 9.96. The maximum absolute atomic E-state index is 11.1. The minimum absolute atomic E-state index is 0.382. The Morgan fingerprint density at radius 2 is 2.29 bits per heavy atom. The Morgan fingerprint density at radius 1 is 1.64 bits per heavy atom. The first kappa shape index (κ1) is 11.0. The third-order valence-electron chi connectivity index (χ3n) is 2.42. The van der Waals surface area contributed by atoms with E-state index in [-0.39, 0.29) is 0 Å². The highest BCUT2D eigenvalue weighted by Crippen LogP contribution is 2.18. The summed E-state index contributed by atoms with van der Waals surface area (Å²) in [5, 5.41) is 9.09. The van der Waals surface area contributed by atoms with Gasteiger partial charge in [0.2, 0.25) is 0 Å². The average Bonchev–Trinajstić information content (AvgIpc) is 2.46. The molecule has 0 aromatic heterocycles. The zero-order valence-electron chi connectivity index (χ0n) is 9.03. The smallest absolute Gasteiger partial charge is 0.314 e. The average molecular weight is 198 g/mol. The molecule has 80 valence electrons. The molecule has 0 radical (unpaired) electrons. The number of carboxylic acid groups (broad SMARTS) is 1. The molecule has 1 unspecified atom stereocenters. The van der Waals surface area contributed by atoms with Crippen LogP contribution in [0.5, 0.6) is 0 Å². The van der Waals surface area contributed by atoms with E-state index in [4.69, 9.17) is 5.11 Å². The standard InChI is InChI=1S/C10H18N2O2/c1-7(2)6-8(10(13)14)9-11-4-5-12(9)3/h7-8H,4-6H2,1-3H3,(H,13,14).